The third-order valence-corrected chi connectivity index (χ3v) is 4.96. The predicted molar refractivity (Wildman–Crippen MR) is 118 cm³/mol. The number of alkyl halides is 3. The zero-order valence-corrected chi connectivity index (χ0v) is 18.5. The summed E-state index contributed by atoms with van der Waals surface area (Å²) < 4.78 is 46.9. The smallest absolute Gasteiger partial charge is 0.417 e. The first-order valence-corrected chi connectivity index (χ1v) is 9.92. The van der Waals surface area contributed by atoms with E-state index in [4.69, 9.17) is 5.73 Å². The summed E-state index contributed by atoms with van der Waals surface area (Å²) in [4.78, 5) is 25.1. The van der Waals surface area contributed by atoms with Crippen LogP contribution in [-0.2, 0) is 27.2 Å². The minimum Gasteiger partial charge on any atom is -0.468 e. The molecule has 0 aliphatic rings. The minimum atomic E-state index is -4.72. The van der Waals surface area contributed by atoms with Gasteiger partial charge >= 0.3 is 12.1 Å². The van der Waals surface area contributed by atoms with Crippen LogP contribution in [0.15, 0.2) is 48.0 Å². The maximum atomic E-state index is 14.1. The molecule has 2 aromatic carbocycles. The van der Waals surface area contributed by atoms with E-state index in [0.29, 0.717) is 22.4 Å². The van der Waals surface area contributed by atoms with Crippen LogP contribution in [0.3, 0.4) is 0 Å². The number of nitrogens with zero attached hydrogens (tertiary/aromatic N) is 1. The van der Waals surface area contributed by atoms with Crippen molar-refractivity contribution < 1.29 is 27.5 Å². The van der Waals surface area contributed by atoms with Gasteiger partial charge in [-0.2, -0.15) is 13.2 Å². The SMILES string of the molecule is COC(=O)[C@@H](N)Cc1cccc(C/C(C=O)=C(/c2cc(C)cc(N(C)C)c2)C(F)(F)F)c1. The van der Waals surface area contributed by atoms with Crippen LogP contribution in [0.1, 0.15) is 22.3 Å². The molecule has 0 radical (unpaired) electrons. The van der Waals surface area contributed by atoms with E-state index in [1.165, 1.54) is 19.2 Å². The van der Waals surface area contributed by atoms with Crippen LogP contribution in [0.4, 0.5) is 18.9 Å². The van der Waals surface area contributed by atoms with Crippen LogP contribution in [0.5, 0.6) is 0 Å². The molecule has 172 valence electrons. The maximum absolute atomic E-state index is 14.1. The van der Waals surface area contributed by atoms with Gasteiger partial charge in [0.1, 0.15) is 12.3 Å². The van der Waals surface area contributed by atoms with Gasteiger partial charge in [-0.05, 0) is 47.7 Å². The third-order valence-electron chi connectivity index (χ3n) is 4.96. The number of anilines is 1. The molecule has 0 bridgehead atoms. The zero-order valence-electron chi connectivity index (χ0n) is 18.5. The second-order valence-electron chi connectivity index (χ2n) is 7.80. The molecule has 2 rings (SSSR count). The lowest BCUT2D eigenvalue weighted by Gasteiger charge is -2.20. The van der Waals surface area contributed by atoms with Gasteiger partial charge in [0.2, 0.25) is 0 Å². The van der Waals surface area contributed by atoms with E-state index in [2.05, 4.69) is 4.74 Å². The molecule has 2 N–H and O–H groups in total. The first-order chi connectivity index (χ1) is 15.0. The molecule has 0 spiro atoms. The molecule has 0 heterocycles. The number of hydrogen-bond donors (Lipinski definition) is 1. The van der Waals surface area contributed by atoms with Crippen molar-refractivity contribution in [2.75, 3.05) is 26.1 Å². The zero-order chi connectivity index (χ0) is 24.1. The van der Waals surface area contributed by atoms with Crippen LogP contribution in [0.2, 0.25) is 0 Å². The summed E-state index contributed by atoms with van der Waals surface area (Å²) in [5.41, 5.74) is 6.79. The Bertz CT molecular complexity index is 1010. The summed E-state index contributed by atoms with van der Waals surface area (Å²) in [5, 5.41) is 0. The first kappa shape index (κ1) is 25.1. The second-order valence-corrected chi connectivity index (χ2v) is 7.80. The Morgan fingerprint density at radius 1 is 1.16 bits per heavy atom. The van der Waals surface area contributed by atoms with Crippen molar-refractivity contribution in [1.29, 1.82) is 0 Å². The average molecular weight is 448 g/mol. The number of esters is 1. The van der Waals surface area contributed by atoms with E-state index in [1.807, 2.05) is 0 Å². The first-order valence-electron chi connectivity index (χ1n) is 9.92. The van der Waals surface area contributed by atoms with Gasteiger partial charge in [-0.25, -0.2) is 0 Å². The van der Waals surface area contributed by atoms with E-state index in [0.717, 1.165) is 0 Å². The van der Waals surface area contributed by atoms with Crippen molar-refractivity contribution in [2.24, 2.45) is 5.73 Å². The minimum absolute atomic E-state index is 0.0628. The molecule has 0 saturated heterocycles. The Hall–Kier alpha value is -3.13. The molecule has 8 heteroatoms. The van der Waals surface area contributed by atoms with Crippen molar-refractivity contribution in [1.82, 2.24) is 0 Å². The molecule has 32 heavy (non-hydrogen) atoms. The number of aldehydes is 1. The van der Waals surface area contributed by atoms with Gasteiger partial charge in [0.15, 0.2) is 0 Å². The molecular formula is C24H27F3N2O3. The monoisotopic (exact) mass is 448 g/mol. The number of allylic oxidation sites excluding steroid dienone is 2. The fraction of sp³-hybridized carbons (Fsp3) is 0.333. The fourth-order valence-electron chi connectivity index (χ4n) is 3.46. The highest BCUT2D eigenvalue weighted by Gasteiger charge is 2.37. The lowest BCUT2D eigenvalue weighted by Crippen LogP contribution is -2.33. The van der Waals surface area contributed by atoms with E-state index < -0.39 is 23.8 Å². The number of methoxy groups -OCH3 is 1. The number of nitrogens with two attached hydrogens (primary N) is 1. The van der Waals surface area contributed by atoms with Gasteiger partial charge in [0, 0.05) is 31.8 Å². The summed E-state index contributed by atoms with van der Waals surface area (Å²) >= 11 is 0. The molecule has 0 aliphatic heterocycles. The molecule has 0 saturated carbocycles. The van der Waals surface area contributed by atoms with Crippen LogP contribution in [0.25, 0.3) is 5.57 Å². The summed E-state index contributed by atoms with van der Waals surface area (Å²) in [6.07, 6.45) is -4.52. The topological polar surface area (TPSA) is 72.6 Å². The standard InChI is InChI=1S/C24H27F3N2O3/c1-15-8-18(13-20(9-15)29(2)3)22(24(25,26)27)19(14-30)11-16-6-5-7-17(10-16)12-21(28)23(31)32-4/h5-10,13-14,21H,11-12,28H2,1-4H3/b22-19+/t21-/m0/s1. The maximum Gasteiger partial charge on any atom is 0.417 e. The van der Waals surface area contributed by atoms with Gasteiger partial charge in [0.25, 0.3) is 0 Å². The van der Waals surface area contributed by atoms with E-state index in [1.54, 1.807) is 56.3 Å². The van der Waals surface area contributed by atoms with Crippen LogP contribution in [0, 0.1) is 6.92 Å². The summed E-state index contributed by atoms with van der Waals surface area (Å²) in [7, 11) is 4.70. The molecule has 0 aromatic heterocycles. The quantitative estimate of drug-likeness (QED) is 0.377. The normalized spacial score (nSPS) is 13.2. The highest BCUT2D eigenvalue weighted by Crippen LogP contribution is 2.38. The number of ether oxygens (including phenoxy) is 1. The average Bonchev–Trinajstić information content (AvgIpc) is 2.71. The van der Waals surface area contributed by atoms with E-state index >= 15 is 0 Å². The molecule has 1 atom stereocenters. The Balaban J connectivity index is 2.51. The van der Waals surface area contributed by atoms with Crippen molar-refractivity contribution in [3.63, 3.8) is 0 Å². The van der Waals surface area contributed by atoms with Gasteiger partial charge < -0.3 is 15.4 Å². The Morgan fingerprint density at radius 3 is 2.38 bits per heavy atom. The number of halogens is 3. The number of carbonyl (C=O) groups excluding carboxylic acids is 2. The number of carbonyl (C=O) groups is 2. The number of rotatable bonds is 8. The number of aryl methyl sites for hydroxylation is 1. The Labute approximate surface area is 185 Å². The molecule has 0 aliphatic carbocycles. The van der Waals surface area contributed by atoms with Gasteiger partial charge in [-0.15, -0.1) is 0 Å². The van der Waals surface area contributed by atoms with Gasteiger partial charge in [-0.3, -0.25) is 9.59 Å². The fourth-order valence-corrected chi connectivity index (χ4v) is 3.46. The molecule has 0 amide bonds. The highest BCUT2D eigenvalue weighted by atomic mass is 19.4. The van der Waals surface area contributed by atoms with Crippen molar-refractivity contribution >= 4 is 23.5 Å². The molecule has 0 unspecified atom stereocenters. The molecular weight excluding hydrogens is 421 g/mol. The van der Waals surface area contributed by atoms with Crippen LogP contribution < -0.4 is 10.6 Å². The molecule has 0 fully saturated rings. The van der Waals surface area contributed by atoms with E-state index in [-0.39, 0.29) is 30.3 Å². The summed E-state index contributed by atoms with van der Waals surface area (Å²) in [5.74, 6) is -0.584. The second kappa shape index (κ2) is 10.5. The van der Waals surface area contributed by atoms with Crippen molar-refractivity contribution in [3.8, 4) is 0 Å². The van der Waals surface area contributed by atoms with Crippen molar-refractivity contribution in [2.45, 2.75) is 32.0 Å². The summed E-state index contributed by atoms with van der Waals surface area (Å²) in [6, 6.07) is 10.4. The number of hydrogen-bond acceptors (Lipinski definition) is 5. The van der Waals surface area contributed by atoms with Crippen LogP contribution >= 0.6 is 0 Å². The van der Waals surface area contributed by atoms with Gasteiger partial charge in [0.05, 0.1) is 12.7 Å². The van der Waals surface area contributed by atoms with E-state index in [9.17, 15) is 22.8 Å². The predicted octanol–water partition coefficient (Wildman–Crippen LogP) is 3.86. The lowest BCUT2D eigenvalue weighted by atomic mass is 9.93. The largest absolute Gasteiger partial charge is 0.468 e. The van der Waals surface area contributed by atoms with Crippen LogP contribution in [-0.4, -0.2) is 45.7 Å². The number of benzene rings is 2. The summed E-state index contributed by atoms with van der Waals surface area (Å²) in [6.45, 7) is 1.71. The van der Waals surface area contributed by atoms with Crippen molar-refractivity contribution in [3.05, 3.63) is 70.3 Å². The Morgan fingerprint density at radius 2 is 1.81 bits per heavy atom. The Kier molecular flexibility index (Phi) is 8.21. The molecule has 5 nitrogen and oxygen atoms in total. The molecule has 2 aromatic rings. The highest BCUT2D eigenvalue weighted by molar-refractivity contribution is 5.91. The third kappa shape index (κ3) is 6.43. The van der Waals surface area contributed by atoms with Gasteiger partial charge in [-0.1, -0.05) is 30.3 Å². The lowest BCUT2D eigenvalue weighted by molar-refractivity contribution is -0.142.